The van der Waals surface area contributed by atoms with Crippen molar-refractivity contribution in [1.29, 1.82) is 0 Å². The molecule has 0 heterocycles. The Labute approximate surface area is 367 Å². The Morgan fingerprint density at radius 3 is 1.39 bits per heavy atom. The highest BCUT2D eigenvalue weighted by Gasteiger charge is 2.51. The van der Waals surface area contributed by atoms with Crippen LogP contribution in [0.1, 0.15) is 181 Å². The molecule has 0 spiro atoms. The molecule has 1 aliphatic carbocycles. The molecule has 1 rings (SSSR count). The van der Waals surface area contributed by atoms with Crippen LogP contribution >= 0.6 is 7.82 Å². The number of ether oxygens (including phenoxy) is 2. The maximum atomic E-state index is 12.8. The van der Waals surface area contributed by atoms with Gasteiger partial charge < -0.3 is 39.9 Å². The summed E-state index contributed by atoms with van der Waals surface area (Å²) < 4.78 is 33.5. The molecule has 6 N–H and O–H groups in total. The number of phosphoric acid groups is 1. The summed E-state index contributed by atoms with van der Waals surface area (Å²) in [5, 5.41) is 50.1. The van der Waals surface area contributed by atoms with E-state index in [9.17, 15) is 44.6 Å². The summed E-state index contributed by atoms with van der Waals surface area (Å²) in [7, 11) is -5.13. The molecule has 0 amide bonds. The van der Waals surface area contributed by atoms with Crippen molar-refractivity contribution in [2.75, 3.05) is 13.2 Å². The minimum atomic E-state index is -5.13. The third-order valence-electron chi connectivity index (χ3n) is 10.6. The van der Waals surface area contributed by atoms with Gasteiger partial charge in [-0.2, -0.15) is 0 Å². The van der Waals surface area contributed by atoms with E-state index >= 15 is 0 Å². The van der Waals surface area contributed by atoms with Gasteiger partial charge in [0.25, 0.3) is 0 Å². The van der Waals surface area contributed by atoms with Crippen molar-refractivity contribution in [1.82, 2.24) is 0 Å². The summed E-state index contributed by atoms with van der Waals surface area (Å²) >= 11 is 0. The average molecular weight is 887 g/mol. The predicted molar refractivity (Wildman–Crippen MR) is 239 cm³/mol. The second-order valence-corrected chi connectivity index (χ2v) is 17.7. The van der Waals surface area contributed by atoms with E-state index in [0.29, 0.717) is 12.8 Å². The Kier molecular flexibility index (Phi) is 34.7. The Bertz CT molecular complexity index is 1250. The van der Waals surface area contributed by atoms with Gasteiger partial charge in [-0.1, -0.05) is 140 Å². The van der Waals surface area contributed by atoms with E-state index in [1.807, 2.05) is 0 Å². The van der Waals surface area contributed by atoms with Crippen LogP contribution in [0.4, 0.5) is 0 Å². The maximum absolute atomic E-state index is 12.8. The molecule has 8 atom stereocenters. The van der Waals surface area contributed by atoms with E-state index in [0.717, 1.165) is 83.5 Å². The third-order valence-corrected chi connectivity index (χ3v) is 11.6. The first kappa shape index (κ1) is 56.8. The number of allylic oxidation sites excluding steroid dienone is 8. The molecule has 13 nitrogen and oxygen atoms in total. The number of hydrogen-bond donors (Lipinski definition) is 6. The Hall–Kier alpha value is -2.19. The second kappa shape index (κ2) is 37.2. The minimum absolute atomic E-state index is 0.0683. The average Bonchev–Trinajstić information content (AvgIpc) is 3.24. The molecule has 0 aromatic rings. The molecule has 0 aromatic carbocycles. The monoisotopic (exact) mass is 887 g/mol. The van der Waals surface area contributed by atoms with Crippen LogP contribution in [0.3, 0.4) is 0 Å². The normalized spacial score (nSPS) is 22.4. The van der Waals surface area contributed by atoms with Crippen molar-refractivity contribution in [3.8, 4) is 0 Å². The van der Waals surface area contributed by atoms with Crippen LogP contribution in [0.2, 0.25) is 0 Å². The molecule has 0 aliphatic heterocycles. The van der Waals surface area contributed by atoms with Crippen LogP contribution in [0.25, 0.3) is 0 Å². The van der Waals surface area contributed by atoms with Gasteiger partial charge in [-0.3, -0.25) is 18.6 Å². The minimum Gasteiger partial charge on any atom is -0.462 e. The topological polar surface area (TPSA) is 210 Å². The van der Waals surface area contributed by atoms with Gasteiger partial charge in [-0.05, 0) is 77.0 Å². The highest BCUT2D eigenvalue weighted by Crippen LogP contribution is 2.47. The fourth-order valence-electron chi connectivity index (χ4n) is 6.82. The maximum Gasteiger partial charge on any atom is 0.472 e. The van der Waals surface area contributed by atoms with Gasteiger partial charge >= 0.3 is 19.8 Å². The number of esters is 2. The van der Waals surface area contributed by atoms with E-state index < -0.39 is 75.7 Å². The summed E-state index contributed by atoms with van der Waals surface area (Å²) in [6, 6.07) is 0. The zero-order valence-electron chi connectivity index (χ0n) is 37.4. The molecule has 61 heavy (non-hydrogen) atoms. The Balaban J connectivity index is 2.49. The number of rotatable bonds is 38. The van der Waals surface area contributed by atoms with E-state index in [1.165, 1.54) is 57.8 Å². The molecule has 6 unspecified atom stereocenters. The lowest BCUT2D eigenvalue weighted by atomic mass is 9.85. The highest BCUT2D eigenvalue weighted by molar-refractivity contribution is 7.47. The molecule has 0 aromatic heterocycles. The van der Waals surface area contributed by atoms with Gasteiger partial charge in [0.2, 0.25) is 0 Å². The molecule has 1 saturated carbocycles. The van der Waals surface area contributed by atoms with E-state index in [1.54, 1.807) is 0 Å². The summed E-state index contributed by atoms with van der Waals surface area (Å²) in [5.41, 5.74) is 0. The molecule has 0 bridgehead atoms. The van der Waals surface area contributed by atoms with E-state index in [2.05, 4.69) is 62.5 Å². The summed E-state index contributed by atoms with van der Waals surface area (Å²) in [6.45, 7) is 3.24. The van der Waals surface area contributed by atoms with Gasteiger partial charge in [0, 0.05) is 12.8 Å². The van der Waals surface area contributed by atoms with Gasteiger partial charge in [0.15, 0.2) is 6.10 Å². The van der Waals surface area contributed by atoms with Crippen LogP contribution in [-0.4, -0.2) is 98.3 Å². The van der Waals surface area contributed by atoms with Crippen molar-refractivity contribution in [3.63, 3.8) is 0 Å². The van der Waals surface area contributed by atoms with Crippen LogP contribution < -0.4 is 0 Å². The molecular weight excluding hydrogens is 803 g/mol. The zero-order chi connectivity index (χ0) is 45.0. The van der Waals surface area contributed by atoms with Crippen molar-refractivity contribution in [2.24, 2.45) is 0 Å². The lowest BCUT2D eigenvalue weighted by molar-refractivity contribution is -0.220. The fraction of sp³-hybridized carbons (Fsp3) is 0.787. The number of phosphoric ester groups is 1. The van der Waals surface area contributed by atoms with Crippen molar-refractivity contribution in [2.45, 2.75) is 224 Å². The Morgan fingerprint density at radius 1 is 0.508 bits per heavy atom. The molecule has 0 saturated heterocycles. The summed E-state index contributed by atoms with van der Waals surface area (Å²) in [5.74, 6) is -1.14. The molecule has 0 radical (unpaired) electrons. The van der Waals surface area contributed by atoms with Crippen LogP contribution in [0.15, 0.2) is 48.6 Å². The molecule has 14 heteroatoms. The van der Waals surface area contributed by atoms with Gasteiger partial charge in [-0.15, -0.1) is 0 Å². The molecular formula is C47H83O13P. The zero-order valence-corrected chi connectivity index (χ0v) is 38.3. The molecule has 1 fully saturated rings. The lowest BCUT2D eigenvalue weighted by Crippen LogP contribution is -2.64. The summed E-state index contributed by atoms with van der Waals surface area (Å²) in [4.78, 5) is 35.7. The van der Waals surface area contributed by atoms with Crippen LogP contribution in [-0.2, 0) is 32.7 Å². The number of aliphatic hydroxyl groups excluding tert-OH is 5. The largest absolute Gasteiger partial charge is 0.472 e. The number of aliphatic hydroxyl groups is 5. The smallest absolute Gasteiger partial charge is 0.462 e. The van der Waals surface area contributed by atoms with E-state index in [4.69, 9.17) is 18.5 Å². The van der Waals surface area contributed by atoms with Gasteiger partial charge in [-0.25, -0.2) is 4.57 Å². The molecule has 1 aliphatic rings. The highest BCUT2D eigenvalue weighted by atomic mass is 31.2. The number of carbonyl (C=O) groups excluding carboxylic acids is 2. The quantitative estimate of drug-likeness (QED) is 0.0148. The third kappa shape index (κ3) is 29.7. The first-order chi connectivity index (χ1) is 29.4. The fourth-order valence-corrected chi connectivity index (χ4v) is 7.79. The SMILES string of the molecule is CCCCC/C=C\C/C=C\C/C=C\CCCCCCC(=O)O[C@H](COC(=O)CCCCCCC/C=C\CCCCCCCC)COP(=O)(O)OC1C(O)C(O)C(O)[C@@H](O)C1O. The first-order valence-corrected chi connectivity index (χ1v) is 24.9. The van der Waals surface area contributed by atoms with Crippen LogP contribution in [0, 0.1) is 0 Å². The van der Waals surface area contributed by atoms with Gasteiger partial charge in [0.05, 0.1) is 6.61 Å². The van der Waals surface area contributed by atoms with Crippen molar-refractivity contribution < 1.29 is 63.1 Å². The number of carbonyl (C=O) groups is 2. The number of unbranched alkanes of at least 4 members (excludes halogenated alkanes) is 18. The van der Waals surface area contributed by atoms with Crippen LogP contribution in [0.5, 0.6) is 0 Å². The van der Waals surface area contributed by atoms with Crippen molar-refractivity contribution >= 4 is 19.8 Å². The lowest BCUT2D eigenvalue weighted by Gasteiger charge is -2.41. The molecule has 354 valence electrons. The number of hydrogen-bond acceptors (Lipinski definition) is 12. The van der Waals surface area contributed by atoms with Gasteiger partial charge in [0.1, 0.15) is 43.2 Å². The first-order valence-electron chi connectivity index (χ1n) is 23.4. The predicted octanol–water partition coefficient (Wildman–Crippen LogP) is 9.17. The Morgan fingerprint density at radius 2 is 0.885 bits per heavy atom. The van der Waals surface area contributed by atoms with Crippen molar-refractivity contribution in [3.05, 3.63) is 48.6 Å². The standard InChI is InChI=1S/C47H83O13P/c1-3-5-7-9-11-13-15-17-19-20-22-24-26-28-30-32-34-36-41(49)59-39(38-58-61(55,56)60-47-45(53)43(51)42(50)44(52)46(47)54)37-57-40(48)35-33-31-29-27-25-23-21-18-16-14-12-10-8-6-4-2/h11,13,17-19,21-22,24,39,42-47,50-54H,3-10,12,14-16,20,23,25-38H2,1-2H3,(H,55,56)/b13-11-,19-17-,21-18-,24-22-/t39-,42?,43-,44?,45?,46?,47?/m1/s1. The second-order valence-electron chi connectivity index (χ2n) is 16.3. The van der Waals surface area contributed by atoms with E-state index in [-0.39, 0.29) is 12.8 Å². The summed E-state index contributed by atoms with van der Waals surface area (Å²) in [6.07, 6.45) is 30.2.